The molecule has 0 unspecified atom stereocenters. The second-order valence-electron chi connectivity index (χ2n) is 7.01. The topological polar surface area (TPSA) is 62.3 Å². The molecule has 0 fully saturated rings. The Balaban J connectivity index is 1.58. The fourth-order valence-corrected chi connectivity index (χ4v) is 3.36. The van der Waals surface area contributed by atoms with Gasteiger partial charge in [-0.1, -0.05) is 54.6 Å². The van der Waals surface area contributed by atoms with Crippen LogP contribution in [0.15, 0.2) is 103 Å². The van der Waals surface area contributed by atoms with Crippen LogP contribution in [-0.2, 0) is 0 Å². The van der Waals surface area contributed by atoms with Gasteiger partial charge in [-0.2, -0.15) is 0 Å². The zero-order valence-electron chi connectivity index (χ0n) is 17.0. The molecule has 1 aromatic heterocycles. The van der Waals surface area contributed by atoms with E-state index in [4.69, 9.17) is 0 Å². The Kier molecular flexibility index (Phi) is 5.85. The maximum absolute atomic E-state index is 13.1. The molecule has 31 heavy (non-hydrogen) atoms. The van der Waals surface area contributed by atoms with E-state index in [1.165, 1.54) is 0 Å². The van der Waals surface area contributed by atoms with Gasteiger partial charge in [0, 0.05) is 41.9 Å². The van der Waals surface area contributed by atoms with Gasteiger partial charge in [-0.05, 0) is 36.4 Å². The van der Waals surface area contributed by atoms with E-state index in [1.54, 1.807) is 54.9 Å². The van der Waals surface area contributed by atoms with E-state index in [9.17, 15) is 9.59 Å². The molecule has 0 aliphatic heterocycles. The van der Waals surface area contributed by atoms with Crippen LogP contribution < -0.4 is 10.2 Å². The van der Waals surface area contributed by atoms with Crippen molar-refractivity contribution in [3.05, 3.63) is 120 Å². The van der Waals surface area contributed by atoms with Crippen LogP contribution in [0.5, 0.6) is 0 Å². The SMILES string of the molecule is CN(c1ccncc1)c1ccccc1C(=O)Nc1cccc(C(=O)c2ccccc2)c1. The third-order valence-corrected chi connectivity index (χ3v) is 4.98. The van der Waals surface area contributed by atoms with Crippen molar-refractivity contribution in [3.63, 3.8) is 0 Å². The minimum absolute atomic E-state index is 0.0884. The molecule has 3 aromatic carbocycles. The molecule has 0 aliphatic carbocycles. The number of pyridine rings is 1. The van der Waals surface area contributed by atoms with Crippen molar-refractivity contribution in [2.24, 2.45) is 0 Å². The van der Waals surface area contributed by atoms with Crippen molar-refractivity contribution in [2.75, 3.05) is 17.3 Å². The van der Waals surface area contributed by atoms with Crippen molar-refractivity contribution in [1.29, 1.82) is 0 Å². The standard InChI is InChI=1S/C26H21N3O2/c1-29(22-14-16-27-17-15-22)24-13-6-5-12-23(24)26(31)28-21-11-7-10-20(18-21)25(30)19-8-3-2-4-9-19/h2-18H,1H3,(H,28,31). The molecule has 1 heterocycles. The molecule has 5 heteroatoms. The molecule has 1 amide bonds. The first-order valence-corrected chi connectivity index (χ1v) is 9.87. The number of carbonyl (C=O) groups excluding carboxylic acids is 2. The summed E-state index contributed by atoms with van der Waals surface area (Å²) in [5.41, 5.74) is 3.91. The quantitative estimate of drug-likeness (QED) is 0.439. The predicted octanol–water partition coefficient (Wildman–Crippen LogP) is 5.33. The first-order chi connectivity index (χ1) is 15.1. The number of benzene rings is 3. The molecular weight excluding hydrogens is 386 g/mol. The summed E-state index contributed by atoms with van der Waals surface area (Å²) in [6.07, 6.45) is 3.42. The normalized spacial score (nSPS) is 10.4. The third kappa shape index (κ3) is 4.51. The number of hydrogen-bond donors (Lipinski definition) is 1. The highest BCUT2D eigenvalue weighted by molar-refractivity contribution is 6.11. The molecule has 4 rings (SSSR count). The van der Waals surface area contributed by atoms with Gasteiger partial charge < -0.3 is 10.2 Å². The van der Waals surface area contributed by atoms with E-state index in [1.807, 2.05) is 60.5 Å². The molecule has 0 aliphatic rings. The minimum Gasteiger partial charge on any atom is -0.344 e. The Hall–Kier alpha value is -4.25. The van der Waals surface area contributed by atoms with Crippen LogP contribution in [-0.4, -0.2) is 23.7 Å². The minimum atomic E-state index is -0.249. The Bertz CT molecular complexity index is 1210. The highest BCUT2D eigenvalue weighted by Gasteiger charge is 2.16. The van der Waals surface area contributed by atoms with Crippen LogP contribution in [0.4, 0.5) is 17.1 Å². The second-order valence-corrected chi connectivity index (χ2v) is 7.01. The summed E-state index contributed by atoms with van der Waals surface area (Å²) >= 11 is 0. The molecule has 152 valence electrons. The van der Waals surface area contributed by atoms with Gasteiger partial charge in [0.1, 0.15) is 0 Å². The molecule has 0 saturated carbocycles. The van der Waals surface area contributed by atoms with E-state index in [2.05, 4.69) is 10.3 Å². The molecule has 0 saturated heterocycles. The fraction of sp³-hybridized carbons (Fsp3) is 0.0385. The second kappa shape index (κ2) is 9.05. The van der Waals surface area contributed by atoms with E-state index < -0.39 is 0 Å². The van der Waals surface area contributed by atoms with Gasteiger partial charge in [0.15, 0.2) is 5.78 Å². The number of ketones is 1. The van der Waals surface area contributed by atoms with E-state index in [0.29, 0.717) is 22.4 Å². The number of aromatic nitrogens is 1. The Labute approximate surface area is 181 Å². The van der Waals surface area contributed by atoms with Gasteiger partial charge in [-0.3, -0.25) is 14.6 Å². The molecule has 0 atom stereocenters. The highest BCUT2D eigenvalue weighted by Crippen LogP contribution is 2.27. The Morgan fingerprint density at radius 1 is 0.774 bits per heavy atom. The van der Waals surface area contributed by atoms with Gasteiger partial charge in [-0.25, -0.2) is 0 Å². The Morgan fingerprint density at radius 2 is 1.45 bits per heavy atom. The van der Waals surface area contributed by atoms with Gasteiger partial charge in [0.05, 0.1) is 11.3 Å². The maximum atomic E-state index is 13.1. The lowest BCUT2D eigenvalue weighted by atomic mass is 10.0. The molecule has 0 radical (unpaired) electrons. The lowest BCUT2D eigenvalue weighted by Gasteiger charge is -2.22. The maximum Gasteiger partial charge on any atom is 0.257 e. The van der Waals surface area contributed by atoms with Crippen LogP contribution in [0, 0.1) is 0 Å². The molecule has 5 nitrogen and oxygen atoms in total. The monoisotopic (exact) mass is 407 g/mol. The number of para-hydroxylation sites is 1. The Morgan fingerprint density at radius 3 is 2.23 bits per heavy atom. The summed E-state index contributed by atoms with van der Waals surface area (Å²) < 4.78 is 0. The number of hydrogen-bond acceptors (Lipinski definition) is 4. The smallest absolute Gasteiger partial charge is 0.257 e. The van der Waals surface area contributed by atoms with Crippen LogP contribution in [0.3, 0.4) is 0 Å². The van der Waals surface area contributed by atoms with Crippen molar-refractivity contribution in [2.45, 2.75) is 0 Å². The first-order valence-electron chi connectivity index (χ1n) is 9.87. The average molecular weight is 407 g/mol. The predicted molar refractivity (Wildman–Crippen MR) is 123 cm³/mol. The average Bonchev–Trinajstić information content (AvgIpc) is 2.84. The largest absolute Gasteiger partial charge is 0.344 e. The van der Waals surface area contributed by atoms with Crippen LogP contribution >= 0.6 is 0 Å². The van der Waals surface area contributed by atoms with Crippen LogP contribution in [0.1, 0.15) is 26.3 Å². The number of nitrogens with zero attached hydrogens (tertiary/aromatic N) is 2. The molecule has 1 N–H and O–H groups in total. The molecular formula is C26H21N3O2. The van der Waals surface area contributed by atoms with Crippen LogP contribution in [0.25, 0.3) is 0 Å². The van der Waals surface area contributed by atoms with E-state index in [-0.39, 0.29) is 11.7 Å². The van der Waals surface area contributed by atoms with Crippen molar-refractivity contribution < 1.29 is 9.59 Å². The first kappa shape index (κ1) is 20.0. The van der Waals surface area contributed by atoms with Gasteiger partial charge in [-0.15, -0.1) is 0 Å². The fourth-order valence-electron chi connectivity index (χ4n) is 3.36. The number of nitrogens with one attached hydrogen (secondary N) is 1. The van der Waals surface area contributed by atoms with Gasteiger partial charge in [0.25, 0.3) is 5.91 Å². The lowest BCUT2D eigenvalue weighted by molar-refractivity contribution is 0.102. The summed E-state index contributed by atoms with van der Waals surface area (Å²) in [4.78, 5) is 31.8. The van der Waals surface area contributed by atoms with E-state index >= 15 is 0 Å². The summed E-state index contributed by atoms with van der Waals surface area (Å²) in [6, 6.07) is 27.2. The summed E-state index contributed by atoms with van der Waals surface area (Å²) in [6.45, 7) is 0. The number of anilines is 3. The van der Waals surface area contributed by atoms with Gasteiger partial charge >= 0.3 is 0 Å². The number of carbonyl (C=O) groups is 2. The van der Waals surface area contributed by atoms with Crippen molar-refractivity contribution >= 4 is 28.8 Å². The summed E-state index contributed by atoms with van der Waals surface area (Å²) in [5, 5.41) is 2.92. The molecule has 0 spiro atoms. The van der Waals surface area contributed by atoms with E-state index in [0.717, 1.165) is 11.4 Å². The zero-order valence-corrected chi connectivity index (χ0v) is 17.0. The zero-order chi connectivity index (χ0) is 21.6. The van der Waals surface area contributed by atoms with Crippen molar-refractivity contribution in [1.82, 2.24) is 4.98 Å². The summed E-state index contributed by atoms with van der Waals surface area (Å²) in [5.74, 6) is -0.338. The number of rotatable bonds is 6. The lowest BCUT2D eigenvalue weighted by Crippen LogP contribution is -2.18. The number of amides is 1. The molecule has 0 bridgehead atoms. The van der Waals surface area contributed by atoms with Gasteiger partial charge in [0.2, 0.25) is 0 Å². The van der Waals surface area contributed by atoms with Crippen molar-refractivity contribution in [3.8, 4) is 0 Å². The highest BCUT2D eigenvalue weighted by atomic mass is 16.1. The third-order valence-electron chi connectivity index (χ3n) is 4.98. The molecule has 4 aromatic rings. The summed E-state index contributed by atoms with van der Waals surface area (Å²) in [7, 11) is 1.90. The van der Waals surface area contributed by atoms with Crippen LogP contribution in [0.2, 0.25) is 0 Å².